The molecule has 4 nitrogen and oxygen atoms in total. The van der Waals surface area contributed by atoms with Gasteiger partial charge in [-0.25, -0.2) is 4.98 Å². The standard InChI is InChI=1S/C5H6N4/c1-9-3-6-5-4(9)2-7-8-5/h2-3H,1H3,(H,7,8). The third-order valence-electron chi connectivity index (χ3n) is 1.34. The second-order valence-electron chi connectivity index (χ2n) is 1.96. The normalized spacial score (nSPS) is 10.8. The second-order valence-corrected chi connectivity index (χ2v) is 1.96. The summed E-state index contributed by atoms with van der Waals surface area (Å²) in [4.78, 5) is 4.02. The van der Waals surface area contributed by atoms with Gasteiger partial charge in [0.1, 0.15) is 5.52 Å². The van der Waals surface area contributed by atoms with E-state index in [-0.39, 0.29) is 0 Å². The molecule has 0 aliphatic heterocycles. The van der Waals surface area contributed by atoms with Gasteiger partial charge in [-0.2, -0.15) is 5.10 Å². The first-order valence-corrected chi connectivity index (χ1v) is 2.68. The SMILES string of the molecule is Cn1cnc2[nH]ncc21. The van der Waals surface area contributed by atoms with Gasteiger partial charge in [0, 0.05) is 7.05 Å². The number of rotatable bonds is 0. The monoisotopic (exact) mass is 122 g/mol. The molecule has 0 spiro atoms. The number of H-pyrrole nitrogens is 1. The molecule has 0 unspecified atom stereocenters. The molecular formula is C5H6N4. The molecule has 9 heavy (non-hydrogen) atoms. The van der Waals surface area contributed by atoms with Gasteiger partial charge in [-0.3, -0.25) is 5.10 Å². The van der Waals surface area contributed by atoms with Crippen LogP contribution < -0.4 is 0 Å². The van der Waals surface area contributed by atoms with Crippen molar-refractivity contribution in [1.29, 1.82) is 0 Å². The number of aromatic amines is 1. The highest BCUT2D eigenvalue weighted by Crippen LogP contribution is 2.04. The molecular weight excluding hydrogens is 116 g/mol. The number of nitrogens with one attached hydrogen (secondary N) is 1. The summed E-state index contributed by atoms with van der Waals surface area (Å²) in [5.74, 6) is 0. The third kappa shape index (κ3) is 0.468. The van der Waals surface area contributed by atoms with E-state index in [1.807, 2.05) is 11.6 Å². The molecule has 0 atom stereocenters. The van der Waals surface area contributed by atoms with E-state index in [4.69, 9.17) is 0 Å². The Bertz CT molecular complexity index is 318. The van der Waals surface area contributed by atoms with Gasteiger partial charge in [0.05, 0.1) is 12.5 Å². The number of aromatic nitrogens is 4. The van der Waals surface area contributed by atoms with Crippen molar-refractivity contribution in [2.24, 2.45) is 7.05 Å². The molecule has 4 heteroatoms. The van der Waals surface area contributed by atoms with E-state index in [1.165, 1.54) is 0 Å². The molecule has 2 aromatic heterocycles. The first-order valence-electron chi connectivity index (χ1n) is 2.68. The average molecular weight is 122 g/mol. The van der Waals surface area contributed by atoms with Gasteiger partial charge in [0.15, 0.2) is 5.65 Å². The van der Waals surface area contributed by atoms with Gasteiger partial charge in [-0.1, -0.05) is 0 Å². The molecule has 2 heterocycles. The molecule has 0 aliphatic rings. The summed E-state index contributed by atoms with van der Waals surface area (Å²) in [5.41, 5.74) is 1.88. The molecule has 0 bridgehead atoms. The zero-order chi connectivity index (χ0) is 6.27. The lowest BCUT2D eigenvalue weighted by Crippen LogP contribution is -1.80. The number of hydrogen-bond donors (Lipinski definition) is 1. The van der Waals surface area contributed by atoms with Gasteiger partial charge >= 0.3 is 0 Å². The molecule has 2 rings (SSSR count). The van der Waals surface area contributed by atoms with E-state index in [2.05, 4.69) is 15.2 Å². The molecule has 1 N–H and O–H groups in total. The largest absolute Gasteiger partial charge is 0.331 e. The third-order valence-corrected chi connectivity index (χ3v) is 1.34. The van der Waals surface area contributed by atoms with E-state index in [0.717, 1.165) is 11.2 Å². The molecule has 0 fully saturated rings. The van der Waals surface area contributed by atoms with Crippen LogP contribution in [0.25, 0.3) is 11.2 Å². The lowest BCUT2D eigenvalue weighted by Gasteiger charge is -1.82. The quantitative estimate of drug-likeness (QED) is 0.546. The van der Waals surface area contributed by atoms with Gasteiger partial charge < -0.3 is 4.57 Å². The minimum atomic E-state index is 0.845. The summed E-state index contributed by atoms with van der Waals surface area (Å²) in [6.07, 6.45) is 3.51. The van der Waals surface area contributed by atoms with Gasteiger partial charge in [0.25, 0.3) is 0 Å². The lowest BCUT2D eigenvalue weighted by molar-refractivity contribution is 0.940. The number of fused-ring (bicyclic) bond motifs is 1. The number of nitrogens with zero attached hydrogens (tertiary/aromatic N) is 3. The van der Waals surface area contributed by atoms with Crippen molar-refractivity contribution in [3.05, 3.63) is 12.5 Å². The topological polar surface area (TPSA) is 46.5 Å². The van der Waals surface area contributed by atoms with Crippen molar-refractivity contribution in [3.63, 3.8) is 0 Å². The summed E-state index contributed by atoms with van der Waals surface area (Å²) in [6, 6.07) is 0. The second kappa shape index (κ2) is 1.34. The first-order chi connectivity index (χ1) is 4.38. The highest BCUT2D eigenvalue weighted by molar-refractivity contribution is 5.69. The minimum Gasteiger partial charge on any atom is -0.331 e. The minimum absolute atomic E-state index is 0.845. The fourth-order valence-electron chi connectivity index (χ4n) is 0.833. The Kier molecular flexibility index (Phi) is 0.677. The maximum absolute atomic E-state index is 4.02. The summed E-state index contributed by atoms with van der Waals surface area (Å²) in [5, 5.41) is 6.57. The van der Waals surface area contributed by atoms with Crippen LogP contribution >= 0.6 is 0 Å². The van der Waals surface area contributed by atoms with Crippen molar-refractivity contribution >= 4 is 11.2 Å². The highest BCUT2D eigenvalue weighted by Gasteiger charge is 1.97. The Balaban J connectivity index is 2.99. The molecule has 0 saturated carbocycles. The van der Waals surface area contributed by atoms with Crippen LogP contribution in [-0.4, -0.2) is 19.7 Å². The van der Waals surface area contributed by atoms with Crippen LogP contribution in [0.1, 0.15) is 0 Å². The molecule has 0 radical (unpaired) electrons. The number of hydrogen-bond acceptors (Lipinski definition) is 2. The van der Waals surface area contributed by atoms with E-state index in [9.17, 15) is 0 Å². The van der Waals surface area contributed by atoms with Crippen LogP contribution in [-0.2, 0) is 7.05 Å². The van der Waals surface area contributed by atoms with Crippen molar-refractivity contribution in [2.75, 3.05) is 0 Å². The van der Waals surface area contributed by atoms with Gasteiger partial charge in [-0.15, -0.1) is 0 Å². The Labute approximate surface area is 51.5 Å². The Morgan fingerprint density at radius 2 is 2.56 bits per heavy atom. The number of aryl methyl sites for hydroxylation is 1. The Morgan fingerprint density at radius 1 is 1.67 bits per heavy atom. The summed E-state index contributed by atoms with van der Waals surface area (Å²) in [7, 11) is 1.94. The molecule has 0 aliphatic carbocycles. The van der Waals surface area contributed by atoms with E-state index in [0.29, 0.717) is 0 Å². The lowest BCUT2D eigenvalue weighted by atomic mass is 10.6. The van der Waals surface area contributed by atoms with Crippen LogP contribution in [0, 0.1) is 0 Å². The Hall–Kier alpha value is -1.32. The van der Waals surface area contributed by atoms with E-state index in [1.54, 1.807) is 12.5 Å². The fraction of sp³-hybridized carbons (Fsp3) is 0.200. The van der Waals surface area contributed by atoms with Crippen LogP contribution in [0.3, 0.4) is 0 Å². The van der Waals surface area contributed by atoms with Crippen molar-refractivity contribution in [3.8, 4) is 0 Å². The predicted octanol–water partition coefficient (Wildman–Crippen LogP) is 0.296. The smallest absolute Gasteiger partial charge is 0.173 e. The maximum atomic E-state index is 4.02. The molecule has 0 saturated heterocycles. The zero-order valence-electron chi connectivity index (χ0n) is 5.00. The summed E-state index contributed by atoms with van der Waals surface area (Å²) >= 11 is 0. The van der Waals surface area contributed by atoms with Crippen molar-refractivity contribution in [2.45, 2.75) is 0 Å². The van der Waals surface area contributed by atoms with Crippen LogP contribution in [0.5, 0.6) is 0 Å². The zero-order valence-corrected chi connectivity index (χ0v) is 5.00. The van der Waals surface area contributed by atoms with Crippen molar-refractivity contribution < 1.29 is 0 Å². The molecule has 0 amide bonds. The van der Waals surface area contributed by atoms with E-state index < -0.39 is 0 Å². The van der Waals surface area contributed by atoms with Crippen molar-refractivity contribution in [1.82, 2.24) is 19.7 Å². The average Bonchev–Trinajstić information content (AvgIpc) is 2.35. The number of imidazole rings is 1. The van der Waals surface area contributed by atoms with Crippen LogP contribution in [0.2, 0.25) is 0 Å². The molecule has 46 valence electrons. The van der Waals surface area contributed by atoms with Gasteiger partial charge in [-0.05, 0) is 0 Å². The fourth-order valence-corrected chi connectivity index (χ4v) is 0.833. The summed E-state index contributed by atoms with van der Waals surface area (Å²) < 4.78 is 1.92. The molecule has 0 aromatic carbocycles. The maximum Gasteiger partial charge on any atom is 0.173 e. The Morgan fingerprint density at radius 3 is 3.33 bits per heavy atom. The summed E-state index contributed by atoms with van der Waals surface area (Å²) in [6.45, 7) is 0. The highest BCUT2D eigenvalue weighted by atomic mass is 15.2. The van der Waals surface area contributed by atoms with E-state index >= 15 is 0 Å². The molecule has 2 aromatic rings. The first kappa shape index (κ1) is 4.55. The van der Waals surface area contributed by atoms with Gasteiger partial charge in [0.2, 0.25) is 0 Å². The van der Waals surface area contributed by atoms with Crippen LogP contribution in [0.4, 0.5) is 0 Å². The van der Waals surface area contributed by atoms with Crippen LogP contribution in [0.15, 0.2) is 12.5 Å². The predicted molar refractivity (Wildman–Crippen MR) is 32.9 cm³/mol.